The van der Waals surface area contributed by atoms with Gasteiger partial charge < -0.3 is 9.11 Å². The molecular weight excluding hydrogens is 183 g/mol. The first kappa shape index (κ1) is 10.1. The molecule has 0 aromatic rings. The molecule has 0 heterocycles. The molecule has 1 rings (SSSR count). The summed E-state index contributed by atoms with van der Waals surface area (Å²) < 4.78 is 42.4. The van der Waals surface area contributed by atoms with E-state index in [0.29, 0.717) is 19.3 Å². The Bertz CT molecular complexity index is 224. The summed E-state index contributed by atoms with van der Waals surface area (Å²) in [5.41, 5.74) is 0. The number of halogens is 1. The maximum atomic E-state index is 12.8. The van der Waals surface area contributed by atoms with Gasteiger partial charge >= 0.3 is 0 Å². The summed E-state index contributed by atoms with van der Waals surface area (Å²) in [4.78, 5) is 0. The van der Waals surface area contributed by atoms with Crippen LogP contribution in [-0.4, -0.2) is 31.0 Å². The van der Waals surface area contributed by atoms with Crippen LogP contribution in [0.25, 0.3) is 0 Å². The zero-order chi connectivity index (χ0) is 9.43. The van der Waals surface area contributed by atoms with E-state index in [4.69, 9.17) is 9.11 Å². The fraction of sp³-hybridized carbons (Fsp3) is 1.00. The minimum atomic E-state index is -4.51. The number of hydrogen-bond donors (Lipinski definition) is 2. The summed E-state index contributed by atoms with van der Waals surface area (Å²) in [5.74, 6) is 0. The van der Waals surface area contributed by atoms with Gasteiger partial charge in [0, 0.05) is 6.26 Å². The Hall–Kier alpha value is -0.0000000000000000555. The van der Waals surface area contributed by atoms with Gasteiger partial charge in [-0.05, 0) is 25.7 Å². The molecule has 0 bridgehead atoms. The first-order chi connectivity index (χ1) is 5.26. The predicted molar refractivity (Wildman–Crippen MR) is 46.5 cm³/mol. The average Bonchev–Trinajstić information content (AvgIpc) is 1.84. The lowest BCUT2D eigenvalue weighted by Gasteiger charge is -2.38. The Morgan fingerprint density at radius 2 is 2.00 bits per heavy atom. The van der Waals surface area contributed by atoms with Crippen molar-refractivity contribution in [3.05, 3.63) is 0 Å². The third-order valence-electron chi connectivity index (χ3n) is 2.33. The van der Waals surface area contributed by atoms with Crippen molar-refractivity contribution in [1.29, 1.82) is 0 Å². The number of alkyl halides is 1. The van der Waals surface area contributed by atoms with Crippen LogP contribution in [0.4, 0.5) is 4.39 Å². The molecule has 12 heavy (non-hydrogen) atoms. The molecule has 3 nitrogen and oxygen atoms in total. The van der Waals surface area contributed by atoms with Gasteiger partial charge in [-0.25, -0.2) is 8.60 Å². The minimum Gasteiger partial charge on any atom is -0.308 e. The van der Waals surface area contributed by atoms with Crippen molar-refractivity contribution >= 4 is 9.63 Å². The van der Waals surface area contributed by atoms with E-state index in [1.807, 2.05) is 0 Å². The lowest BCUT2D eigenvalue weighted by molar-refractivity contribution is 0.238. The fourth-order valence-electron chi connectivity index (χ4n) is 1.58. The van der Waals surface area contributed by atoms with Crippen molar-refractivity contribution < 1.29 is 17.7 Å². The Morgan fingerprint density at radius 3 is 2.33 bits per heavy atom. The van der Waals surface area contributed by atoms with Crippen molar-refractivity contribution in [3.63, 3.8) is 0 Å². The predicted octanol–water partition coefficient (Wildman–Crippen LogP) is 1.66. The van der Waals surface area contributed by atoms with Gasteiger partial charge in [-0.15, -0.1) is 0 Å². The molecule has 0 amide bonds. The van der Waals surface area contributed by atoms with E-state index in [-0.39, 0.29) is 6.42 Å². The highest BCUT2D eigenvalue weighted by Crippen LogP contribution is 2.33. The van der Waals surface area contributed by atoms with Crippen LogP contribution < -0.4 is 0 Å². The maximum absolute atomic E-state index is 12.8. The molecule has 0 aliphatic heterocycles. The topological polar surface area (TPSA) is 57.5 Å². The molecule has 1 aliphatic rings. The van der Waals surface area contributed by atoms with E-state index in [2.05, 4.69) is 0 Å². The van der Waals surface area contributed by atoms with E-state index >= 15 is 0 Å². The van der Waals surface area contributed by atoms with Crippen molar-refractivity contribution in [2.45, 2.75) is 37.1 Å². The van der Waals surface area contributed by atoms with Crippen LogP contribution >= 0.6 is 0 Å². The largest absolute Gasteiger partial charge is 0.308 e. The van der Waals surface area contributed by atoms with Gasteiger partial charge in [0.1, 0.15) is 6.17 Å². The fourth-order valence-corrected chi connectivity index (χ4v) is 2.94. The van der Waals surface area contributed by atoms with Crippen molar-refractivity contribution in [2.24, 2.45) is 0 Å². The Balaban J connectivity index is 2.71. The number of hydrogen-bond acceptors (Lipinski definition) is 1. The van der Waals surface area contributed by atoms with E-state index in [9.17, 15) is 8.60 Å². The van der Waals surface area contributed by atoms with Gasteiger partial charge in [0.05, 0.1) is 14.9 Å². The molecular formula is C7H15FO3S. The van der Waals surface area contributed by atoms with Crippen LogP contribution in [0.3, 0.4) is 0 Å². The molecule has 0 aromatic carbocycles. The van der Waals surface area contributed by atoms with Gasteiger partial charge in [-0.1, -0.05) is 0 Å². The normalized spacial score (nSPS) is 35.5. The first-order valence-electron chi connectivity index (χ1n) is 4.03. The molecule has 74 valence electrons. The second kappa shape index (κ2) is 2.75. The SMILES string of the molecule is CS(=O)(O)(O)C1CCCC(F)C1. The smallest absolute Gasteiger partial charge is 0.101 e. The minimum absolute atomic E-state index is 0.00880. The van der Waals surface area contributed by atoms with Crippen LogP contribution in [0.1, 0.15) is 25.7 Å². The van der Waals surface area contributed by atoms with Crippen molar-refractivity contribution in [3.8, 4) is 0 Å². The van der Waals surface area contributed by atoms with Gasteiger partial charge in [0.25, 0.3) is 0 Å². The molecule has 0 saturated heterocycles. The van der Waals surface area contributed by atoms with Crippen LogP contribution in [0, 0.1) is 0 Å². The Kier molecular flexibility index (Phi) is 2.31. The third kappa shape index (κ3) is 2.50. The molecule has 2 unspecified atom stereocenters. The molecule has 1 fully saturated rings. The van der Waals surface area contributed by atoms with E-state index in [1.165, 1.54) is 0 Å². The lowest BCUT2D eigenvalue weighted by atomic mass is 9.98. The van der Waals surface area contributed by atoms with Gasteiger partial charge in [-0.3, -0.25) is 0 Å². The monoisotopic (exact) mass is 198 g/mol. The van der Waals surface area contributed by atoms with Crippen molar-refractivity contribution in [1.82, 2.24) is 0 Å². The summed E-state index contributed by atoms with van der Waals surface area (Å²) in [6.07, 6.45) is 1.34. The summed E-state index contributed by atoms with van der Waals surface area (Å²) >= 11 is 0. The molecule has 5 heteroatoms. The summed E-state index contributed by atoms with van der Waals surface area (Å²) in [6.45, 7) is 0. The van der Waals surface area contributed by atoms with E-state index < -0.39 is 21.0 Å². The van der Waals surface area contributed by atoms with Crippen LogP contribution in [0.15, 0.2) is 0 Å². The Morgan fingerprint density at radius 1 is 1.42 bits per heavy atom. The van der Waals surface area contributed by atoms with Gasteiger partial charge in [-0.2, -0.15) is 0 Å². The highest BCUT2D eigenvalue weighted by molar-refractivity contribution is 8.10. The van der Waals surface area contributed by atoms with E-state index in [0.717, 1.165) is 6.26 Å². The van der Waals surface area contributed by atoms with Crippen molar-refractivity contribution in [2.75, 3.05) is 6.26 Å². The highest BCUT2D eigenvalue weighted by atomic mass is 32.3. The van der Waals surface area contributed by atoms with Crippen LogP contribution in [0.5, 0.6) is 0 Å². The first-order valence-corrected chi connectivity index (χ1v) is 6.38. The quantitative estimate of drug-likeness (QED) is 0.673. The second-order valence-corrected chi connectivity index (χ2v) is 6.97. The van der Waals surface area contributed by atoms with Crippen LogP contribution in [0.2, 0.25) is 0 Å². The van der Waals surface area contributed by atoms with Gasteiger partial charge in [0.2, 0.25) is 0 Å². The molecule has 0 spiro atoms. The highest BCUT2D eigenvalue weighted by Gasteiger charge is 2.38. The standard InChI is InChI=1S/C7H15FO3S/c1-12(9,10,11)7-4-2-3-6(8)5-7/h6-7H,2-5H2,1H3,(H2,9,10,11). The zero-order valence-electron chi connectivity index (χ0n) is 7.07. The molecule has 1 aliphatic carbocycles. The number of rotatable bonds is 1. The summed E-state index contributed by atoms with van der Waals surface area (Å²) in [7, 11) is -4.51. The molecule has 0 radical (unpaired) electrons. The summed E-state index contributed by atoms with van der Waals surface area (Å²) in [6, 6.07) is 0. The maximum Gasteiger partial charge on any atom is 0.101 e. The van der Waals surface area contributed by atoms with Gasteiger partial charge in [0.15, 0.2) is 0 Å². The zero-order valence-corrected chi connectivity index (χ0v) is 7.89. The molecule has 2 N–H and O–H groups in total. The molecule has 0 aromatic heterocycles. The average molecular weight is 198 g/mol. The Labute approximate surface area is 71.4 Å². The molecule has 1 saturated carbocycles. The molecule has 2 atom stereocenters. The second-order valence-electron chi connectivity index (χ2n) is 3.69. The van der Waals surface area contributed by atoms with E-state index in [1.54, 1.807) is 0 Å². The third-order valence-corrected chi connectivity index (χ3v) is 4.29. The lowest BCUT2D eigenvalue weighted by Crippen LogP contribution is -2.45. The summed E-state index contributed by atoms with van der Waals surface area (Å²) in [5, 5.41) is -0.786. The van der Waals surface area contributed by atoms with Crippen LogP contribution in [-0.2, 0) is 9.63 Å².